The third kappa shape index (κ3) is 5.60. The van der Waals surface area contributed by atoms with Crippen molar-refractivity contribution in [3.63, 3.8) is 0 Å². The standard InChI is InChI=1S/C23H26N2O4/c1-28-20-14-17(15-21(16-20)29-2)8-9-22(26)25-12-10-18(11-13-25)23(27)24-19-6-4-3-5-7-19/h3-9,14-16,18H,10-13H2,1-2H3,(H,24,27)/b9-8+. The van der Waals surface area contributed by atoms with Gasteiger partial charge in [0, 0.05) is 36.8 Å². The van der Waals surface area contributed by atoms with Crippen LogP contribution >= 0.6 is 0 Å². The number of carbonyl (C=O) groups excluding carboxylic acids is 2. The number of nitrogens with one attached hydrogen (secondary N) is 1. The summed E-state index contributed by atoms with van der Waals surface area (Å²) in [4.78, 5) is 26.7. The molecule has 0 aliphatic carbocycles. The Morgan fingerprint density at radius 2 is 1.62 bits per heavy atom. The maximum Gasteiger partial charge on any atom is 0.246 e. The van der Waals surface area contributed by atoms with Gasteiger partial charge in [0.05, 0.1) is 14.2 Å². The van der Waals surface area contributed by atoms with Crippen molar-refractivity contribution in [2.24, 2.45) is 5.92 Å². The molecule has 3 rings (SSSR count). The second-order valence-electron chi connectivity index (χ2n) is 6.93. The number of ether oxygens (including phenoxy) is 2. The lowest BCUT2D eigenvalue weighted by Crippen LogP contribution is -2.40. The summed E-state index contributed by atoms with van der Waals surface area (Å²) in [6.45, 7) is 1.13. The maximum atomic E-state index is 12.5. The average Bonchev–Trinajstić information content (AvgIpc) is 2.77. The Balaban J connectivity index is 1.53. The van der Waals surface area contributed by atoms with Crippen LogP contribution in [0.4, 0.5) is 5.69 Å². The van der Waals surface area contributed by atoms with E-state index >= 15 is 0 Å². The van der Waals surface area contributed by atoms with Crippen molar-refractivity contribution in [2.45, 2.75) is 12.8 Å². The molecule has 1 saturated heterocycles. The molecule has 29 heavy (non-hydrogen) atoms. The fourth-order valence-corrected chi connectivity index (χ4v) is 3.33. The van der Waals surface area contributed by atoms with Crippen molar-refractivity contribution in [1.29, 1.82) is 0 Å². The molecule has 1 fully saturated rings. The van der Waals surface area contributed by atoms with E-state index in [0.29, 0.717) is 37.4 Å². The zero-order chi connectivity index (χ0) is 20.6. The number of anilines is 1. The van der Waals surface area contributed by atoms with Gasteiger partial charge in [-0.2, -0.15) is 0 Å². The minimum atomic E-state index is -0.0779. The number of hydrogen-bond acceptors (Lipinski definition) is 4. The van der Waals surface area contributed by atoms with E-state index in [1.54, 1.807) is 37.3 Å². The van der Waals surface area contributed by atoms with Gasteiger partial charge in [-0.05, 0) is 48.7 Å². The van der Waals surface area contributed by atoms with Crippen LogP contribution in [0.2, 0.25) is 0 Å². The summed E-state index contributed by atoms with van der Waals surface area (Å²) in [5.74, 6) is 1.21. The molecule has 0 saturated carbocycles. The predicted molar refractivity (Wildman–Crippen MR) is 113 cm³/mol. The molecule has 1 aliphatic rings. The largest absolute Gasteiger partial charge is 0.497 e. The number of piperidine rings is 1. The van der Waals surface area contributed by atoms with Gasteiger partial charge in [0.25, 0.3) is 0 Å². The number of likely N-dealkylation sites (tertiary alicyclic amines) is 1. The highest BCUT2D eigenvalue weighted by Gasteiger charge is 2.26. The highest BCUT2D eigenvalue weighted by Crippen LogP contribution is 2.24. The van der Waals surface area contributed by atoms with E-state index in [0.717, 1.165) is 11.3 Å². The van der Waals surface area contributed by atoms with Crippen LogP contribution < -0.4 is 14.8 Å². The van der Waals surface area contributed by atoms with Gasteiger partial charge >= 0.3 is 0 Å². The Kier molecular flexibility index (Phi) is 6.89. The number of carbonyl (C=O) groups is 2. The molecule has 152 valence electrons. The van der Waals surface area contributed by atoms with Gasteiger partial charge in [0.1, 0.15) is 11.5 Å². The molecular formula is C23H26N2O4. The average molecular weight is 394 g/mol. The van der Waals surface area contributed by atoms with Crippen LogP contribution in [0, 0.1) is 5.92 Å². The topological polar surface area (TPSA) is 67.9 Å². The molecule has 2 aromatic rings. The molecule has 2 amide bonds. The first kappa shape index (κ1) is 20.5. The number of nitrogens with zero attached hydrogens (tertiary/aromatic N) is 1. The molecule has 0 unspecified atom stereocenters. The summed E-state index contributed by atoms with van der Waals surface area (Å²) >= 11 is 0. The first-order valence-corrected chi connectivity index (χ1v) is 9.65. The van der Waals surface area contributed by atoms with Crippen molar-refractivity contribution in [1.82, 2.24) is 4.90 Å². The number of amides is 2. The summed E-state index contributed by atoms with van der Waals surface area (Å²) < 4.78 is 10.5. The van der Waals surface area contributed by atoms with Crippen molar-refractivity contribution >= 4 is 23.6 Å². The van der Waals surface area contributed by atoms with E-state index in [-0.39, 0.29) is 17.7 Å². The Labute approximate surface area is 171 Å². The molecule has 1 N–H and O–H groups in total. The van der Waals surface area contributed by atoms with Gasteiger partial charge in [-0.1, -0.05) is 18.2 Å². The minimum absolute atomic E-state index is 0.0160. The van der Waals surface area contributed by atoms with Crippen LogP contribution in [0.5, 0.6) is 11.5 Å². The van der Waals surface area contributed by atoms with E-state index in [9.17, 15) is 9.59 Å². The van der Waals surface area contributed by atoms with Gasteiger partial charge in [-0.15, -0.1) is 0 Å². The monoisotopic (exact) mass is 394 g/mol. The van der Waals surface area contributed by atoms with Gasteiger partial charge in [0.2, 0.25) is 11.8 Å². The Morgan fingerprint density at radius 3 is 2.21 bits per heavy atom. The van der Waals surface area contributed by atoms with E-state index in [1.807, 2.05) is 42.5 Å². The number of hydrogen-bond donors (Lipinski definition) is 1. The van der Waals surface area contributed by atoms with Gasteiger partial charge in [-0.25, -0.2) is 0 Å². The lowest BCUT2D eigenvalue weighted by molar-refractivity contribution is -0.130. The predicted octanol–water partition coefficient (Wildman–Crippen LogP) is 3.59. The Hall–Kier alpha value is -3.28. The lowest BCUT2D eigenvalue weighted by atomic mass is 9.95. The first-order chi connectivity index (χ1) is 14.1. The first-order valence-electron chi connectivity index (χ1n) is 9.65. The van der Waals surface area contributed by atoms with Crippen molar-refractivity contribution in [2.75, 3.05) is 32.6 Å². The number of rotatable bonds is 6. The molecular weight excluding hydrogens is 368 g/mol. The SMILES string of the molecule is COc1cc(/C=C/C(=O)N2CCC(C(=O)Nc3ccccc3)CC2)cc(OC)c1. The van der Waals surface area contributed by atoms with Crippen LogP contribution in [0.15, 0.2) is 54.6 Å². The quantitative estimate of drug-likeness (QED) is 0.761. The highest BCUT2D eigenvalue weighted by molar-refractivity contribution is 5.94. The fourth-order valence-electron chi connectivity index (χ4n) is 3.33. The maximum absolute atomic E-state index is 12.5. The number of methoxy groups -OCH3 is 2. The van der Waals surface area contributed by atoms with Crippen LogP contribution in [-0.4, -0.2) is 44.0 Å². The normalized spacial score (nSPS) is 14.6. The third-order valence-electron chi connectivity index (χ3n) is 5.01. The van der Waals surface area contributed by atoms with E-state index in [1.165, 1.54) is 0 Å². The Bertz CT molecular complexity index is 849. The highest BCUT2D eigenvalue weighted by atomic mass is 16.5. The zero-order valence-electron chi connectivity index (χ0n) is 16.8. The van der Waals surface area contributed by atoms with Gasteiger partial charge in [0.15, 0.2) is 0 Å². The smallest absolute Gasteiger partial charge is 0.246 e. The molecule has 0 aromatic heterocycles. The summed E-state index contributed by atoms with van der Waals surface area (Å²) in [5.41, 5.74) is 1.62. The molecule has 1 aliphatic heterocycles. The third-order valence-corrected chi connectivity index (χ3v) is 5.01. The van der Waals surface area contributed by atoms with E-state index < -0.39 is 0 Å². The van der Waals surface area contributed by atoms with E-state index in [4.69, 9.17) is 9.47 Å². The second kappa shape index (κ2) is 9.78. The van der Waals surface area contributed by atoms with Crippen LogP contribution in [0.25, 0.3) is 6.08 Å². The van der Waals surface area contributed by atoms with E-state index in [2.05, 4.69) is 5.32 Å². The molecule has 0 bridgehead atoms. The van der Waals surface area contributed by atoms with Crippen LogP contribution in [-0.2, 0) is 9.59 Å². The molecule has 1 heterocycles. The summed E-state index contributed by atoms with van der Waals surface area (Å²) in [5, 5.41) is 2.94. The molecule has 6 nitrogen and oxygen atoms in total. The van der Waals surface area contributed by atoms with Crippen molar-refractivity contribution in [3.05, 3.63) is 60.2 Å². The number of benzene rings is 2. The zero-order valence-corrected chi connectivity index (χ0v) is 16.8. The molecule has 0 spiro atoms. The van der Waals surface area contributed by atoms with Crippen LogP contribution in [0.3, 0.4) is 0 Å². The summed E-state index contributed by atoms with van der Waals surface area (Å²) in [6, 6.07) is 14.9. The Morgan fingerprint density at radius 1 is 1.00 bits per heavy atom. The molecule has 2 aromatic carbocycles. The van der Waals surface area contributed by atoms with Crippen molar-refractivity contribution < 1.29 is 19.1 Å². The molecule has 6 heteroatoms. The van der Waals surface area contributed by atoms with Crippen molar-refractivity contribution in [3.8, 4) is 11.5 Å². The number of para-hydroxylation sites is 1. The minimum Gasteiger partial charge on any atom is -0.497 e. The second-order valence-corrected chi connectivity index (χ2v) is 6.93. The summed E-state index contributed by atoms with van der Waals surface area (Å²) in [6.07, 6.45) is 4.62. The fraction of sp³-hybridized carbons (Fsp3) is 0.304. The van der Waals surface area contributed by atoms with Gasteiger partial charge < -0.3 is 19.7 Å². The lowest BCUT2D eigenvalue weighted by Gasteiger charge is -2.30. The summed E-state index contributed by atoms with van der Waals surface area (Å²) in [7, 11) is 3.18. The van der Waals surface area contributed by atoms with Crippen LogP contribution in [0.1, 0.15) is 18.4 Å². The van der Waals surface area contributed by atoms with Gasteiger partial charge in [-0.3, -0.25) is 9.59 Å². The molecule has 0 radical (unpaired) electrons. The molecule has 0 atom stereocenters.